The number of aliphatic carboxylic acids is 1. The largest absolute Gasteiger partial charge is 0.508 e. The number of carbonyl (C=O) groups is 2. The van der Waals surface area contributed by atoms with Gasteiger partial charge in [-0.2, -0.15) is 0 Å². The highest BCUT2D eigenvalue weighted by Crippen LogP contribution is 2.37. The van der Waals surface area contributed by atoms with Crippen LogP contribution in [-0.4, -0.2) is 45.6 Å². The molecule has 0 aliphatic carbocycles. The van der Waals surface area contributed by atoms with Crippen LogP contribution < -0.4 is 0 Å². The maximum atomic E-state index is 12.1. The number of aromatic hydroxyl groups is 1. The molecule has 1 unspecified atom stereocenters. The van der Waals surface area contributed by atoms with Crippen LogP contribution in [0.1, 0.15) is 19.4 Å². The zero-order valence-corrected chi connectivity index (χ0v) is 12.3. The smallest absolute Gasteiger partial charge is 0.327 e. The highest BCUT2D eigenvalue weighted by molar-refractivity contribution is 7.94. The second-order valence-electron chi connectivity index (χ2n) is 5.34. The van der Waals surface area contributed by atoms with Crippen LogP contribution in [0.4, 0.5) is 0 Å². The van der Waals surface area contributed by atoms with E-state index in [4.69, 9.17) is 0 Å². The Morgan fingerprint density at radius 1 is 1.29 bits per heavy atom. The Morgan fingerprint density at radius 2 is 1.81 bits per heavy atom. The van der Waals surface area contributed by atoms with Crippen molar-refractivity contribution in [3.63, 3.8) is 0 Å². The van der Waals surface area contributed by atoms with Crippen LogP contribution in [0.25, 0.3) is 0 Å². The van der Waals surface area contributed by atoms with Crippen molar-refractivity contribution in [2.75, 3.05) is 0 Å². The third-order valence-corrected chi connectivity index (χ3v) is 5.96. The van der Waals surface area contributed by atoms with Crippen molar-refractivity contribution in [1.29, 1.82) is 0 Å². The molecule has 8 heteroatoms. The standard InChI is InChI=1S/C13H15NO6S/c1-13(2)12(18)14(21(13,19)20)10(11(16)17)7-8-3-5-9(15)6-4-8/h3-6,10,15H,7H2,1-2H3,(H,16,17). The Balaban J connectivity index is 2.32. The fraction of sp³-hybridized carbons (Fsp3) is 0.385. The van der Waals surface area contributed by atoms with Crippen molar-refractivity contribution in [2.45, 2.75) is 31.1 Å². The average Bonchev–Trinajstić information content (AvgIpc) is 2.39. The second kappa shape index (κ2) is 4.73. The van der Waals surface area contributed by atoms with Gasteiger partial charge in [0.2, 0.25) is 0 Å². The summed E-state index contributed by atoms with van der Waals surface area (Å²) in [6, 6.07) is 4.20. The molecule has 2 rings (SSSR count). The van der Waals surface area contributed by atoms with Gasteiger partial charge in [-0.15, -0.1) is 0 Å². The molecule has 0 saturated carbocycles. The van der Waals surface area contributed by atoms with Gasteiger partial charge in [0.15, 0.2) is 4.75 Å². The van der Waals surface area contributed by atoms with E-state index in [2.05, 4.69) is 0 Å². The molecule has 1 aromatic carbocycles. The zero-order valence-electron chi connectivity index (χ0n) is 11.5. The Hall–Kier alpha value is -2.09. The number of hydrogen-bond donors (Lipinski definition) is 2. The second-order valence-corrected chi connectivity index (χ2v) is 7.71. The fourth-order valence-corrected chi connectivity index (χ4v) is 3.75. The summed E-state index contributed by atoms with van der Waals surface area (Å²) in [6.07, 6.45) is -0.156. The molecule has 0 aromatic heterocycles. The van der Waals surface area contributed by atoms with E-state index in [1.165, 1.54) is 38.1 Å². The summed E-state index contributed by atoms with van der Waals surface area (Å²) in [5, 5.41) is 18.4. The fourth-order valence-electron chi connectivity index (χ4n) is 2.13. The molecule has 0 bridgehead atoms. The number of benzene rings is 1. The lowest BCUT2D eigenvalue weighted by Crippen LogP contribution is -2.71. The van der Waals surface area contributed by atoms with Crippen LogP contribution in [0.15, 0.2) is 24.3 Å². The first-order valence-electron chi connectivity index (χ1n) is 6.18. The van der Waals surface area contributed by atoms with E-state index in [0.717, 1.165) is 0 Å². The Labute approximate surface area is 121 Å². The van der Waals surface area contributed by atoms with Crippen LogP contribution in [0.2, 0.25) is 0 Å². The SMILES string of the molecule is CC1(C)C(=O)N(C(Cc2ccc(O)cc2)C(=O)O)S1(=O)=O. The Bertz CT molecular complexity index is 692. The van der Waals surface area contributed by atoms with Crippen LogP contribution in [0, 0.1) is 0 Å². The first-order valence-corrected chi connectivity index (χ1v) is 7.62. The molecule has 1 aliphatic heterocycles. The number of rotatable bonds is 4. The molecule has 1 aromatic rings. The van der Waals surface area contributed by atoms with E-state index in [1.54, 1.807) is 0 Å². The van der Waals surface area contributed by atoms with Gasteiger partial charge in [0, 0.05) is 6.42 Å². The van der Waals surface area contributed by atoms with Crippen LogP contribution >= 0.6 is 0 Å². The summed E-state index contributed by atoms with van der Waals surface area (Å²) in [6.45, 7) is 2.50. The molecule has 21 heavy (non-hydrogen) atoms. The molecule has 114 valence electrons. The van der Waals surface area contributed by atoms with Gasteiger partial charge in [-0.3, -0.25) is 4.79 Å². The predicted molar refractivity (Wildman–Crippen MR) is 73.1 cm³/mol. The molecule has 0 radical (unpaired) electrons. The predicted octanol–water partition coefficient (Wildman–Crippen LogP) is 0.339. The number of carboxylic acid groups (broad SMARTS) is 1. The lowest BCUT2D eigenvalue weighted by Gasteiger charge is -2.45. The van der Waals surface area contributed by atoms with Gasteiger partial charge in [0.1, 0.15) is 11.8 Å². The summed E-state index contributed by atoms with van der Waals surface area (Å²) in [5.74, 6) is -2.11. The van der Waals surface area contributed by atoms with E-state index < -0.39 is 32.7 Å². The van der Waals surface area contributed by atoms with Crippen molar-refractivity contribution < 1.29 is 28.2 Å². The summed E-state index contributed by atoms with van der Waals surface area (Å²) >= 11 is 0. The van der Waals surface area contributed by atoms with Crippen molar-refractivity contribution in [3.05, 3.63) is 29.8 Å². The van der Waals surface area contributed by atoms with E-state index in [0.29, 0.717) is 9.87 Å². The number of amides is 1. The van der Waals surface area contributed by atoms with E-state index >= 15 is 0 Å². The van der Waals surface area contributed by atoms with E-state index in [1.807, 2.05) is 0 Å². The van der Waals surface area contributed by atoms with Gasteiger partial charge in [-0.25, -0.2) is 17.5 Å². The minimum Gasteiger partial charge on any atom is -0.508 e. The molecule has 0 spiro atoms. The van der Waals surface area contributed by atoms with E-state index in [-0.39, 0.29) is 12.2 Å². The van der Waals surface area contributed by atoms with Crippen molar-refractivity contribution in [1.82, 2.24) is 4.31 Å². The molecule has 1 aliphatic rings. The van der Waals surface area contributed by atoms with Crippen molar-refractivity contribution in [3.8, 4) is 5.75 Å². The molecule has 1 amide bonds. The Kier molecular flexibility index (Phi) is 3.45. The van der Waals surface area contributed by atoms with Gasteiger partial charge in [0.25, 0.3) is 15.9 Å². The summed E-state index contributed by atoms with van der Waals surface area (Å²) in [4.78, 5) is 23.3. The van der Waals surface area contributed by atoms with Gasteiger partial charge in [0.05, 0.1) is 0 Å². The lowest BCUT2D eigenvalue weighted by atomic mass is 10.0. The molecule has 7 nitrogen and oxygen atoms in total. The van der Waals surface area contributed by atoms with Crippen LogP contribution in [0.5, 0.6) is 5.75 Å². The number of hydrogen-bond acceptors (Lipinski definition) is 5. The van der Waals surface area contributed by atoms with Crippen molar-refractivity contribution in [2.24, 2.45) is 0 Å². The summed E-state index contributed by atoms with van der Waals surface area (Å²) in [7, 11) is -3.97. The van der Waals surface area contributed by atoms with E-state index in [9.17, 15) is 28.2 Å². The molecule has 1 fully saturated rings. The summed E-state index contributed by atoms with van der Waals surface area (Å²) in [5.41, 5.74) is 0.507. The number of nitrogens with zero attached hydrogens (tertiary/aromatic N) is 1. The monoisotopic (exact) mass is 313 g/mol. The number of carbonyl (C=O) groups excluding carboxylic acids is 1. The van der Waals surface area contributed by atoms with Gasteiger partial charge >= 0.3 is 5.97 Å². The van der Waals surface area contributed by atoms with Crippen molar-refractivity contribution >= 4 is 21.9 Å². The molecular formula is C13H15NO6S. The minimum atomic E-state index is -3.97. The van der Waals surface area contributed by atoms with Gasteiger partial charge < -0.3 is 10.2 Å². The number of phenolic OH excluding ortho intramolecular Hbond substituents is 1. The average molecular weight is 313 g/mol. The molecular weight excluding hydrogens is 298 g/mol. The highest BCUT2D eigenvalue weighted by Gasteiger charge is 2.63. The Morgan fingerprint density at radius 3 is 2.24 bits per heavy atom. The molecule has 1 heterocycles. The number of sulfonamides is 1. The summed E-state index contributed by atoms with van der Waals surface area (Å²) < 4.78 is 23.0. The maximum Gasteiger partial charge on any atom is 0.327 e. The molecule has 1 atom stereocenters. The lowest BCUT2D eigenvalue weighted by molar-refractivity contribution is -0.148. The van der Waals surface area contributed by atoms with Gasteiger partial charge in [-0.1, -0.05) is 12.1 Å². The number of carboxylic acids is 1. The normalized spacial score (nSPS) is 20.7. The van der Waals surface area contributed by atoms with Gasteiger partial charge in [-0.05, 0) is 31.5 Å². The topological polar surface area (TPSA) is 112 Å². The van der Waals surface area contributed by atoms with Crippen LogP contribution in [0.3, 0.4) is 0 Å². The first-order chi connectivity index (χ1) is 9.59. The third kappa shape index (κ3) is 2.25. The minimum absolute atomic E-state index is 0.0133. The van der Waals surface area contributed by atoms with Crippen LogP contribution in [-0.2, 0) is 26.0 Å². The molecule has 1 saturated heterocycles. The quantitative estimate of drug-likeness (QED) is 0.829. The molecule has 2 N–H and O–H groups in total. The highest BCUT2D eigenvalue weighted by atomic mass is 32.2. The third-order valence-electron chi connectivity index (χ3n) is 3.55. The first kappa shape index (κ1) is 15.3. The zero-order chi connectivity index (χ0) is 16.0. The number of phenols is 1. The maximum absolute atomic E-state index is 12.1.